The Labute approximate surface area is 126 Å². The first-order valence-corrected chi connectivity index (χ1v) is 7.38. The second-order valence-corrected chi connectivity index (χ2v) is 5.14. The zero-order chi connectivity index (χ0) is 15.1. The smallest absolute Gasteiger partial charge is 0.228 e. The zero-order valence-electron chi connectivity index (χ0n) is 12.4. The average Bonchev–Trinajstić information content (AvgIpc) is 2.50. The van der Waals surface area contributed by atoms with E-state index in [4.69, 9.17) is 5.73 Å². The van der Waals surface area contributed by atoms with Crippen molar-refractivity contribution in [2.75, 3.05) is 5.32 Å². The summed E-state index contributed by atoms with van der Waals surface area (Å²) in [5.41, 5.74) is 9.83. The fourth-order valence-corrected chi connectivity index (χ4v) is 2.35. The van der Waals surface area contributed by atoms with Gasteiger partial charge in [-0.15, -0.1) is 0 Å². The normalized spacial score (nSPS) is 10.4. The summed E-state index contributed by atoms with van der Waals surface area (Å²) in [6.07, 6.45) is 2.55. The molecule has 0 aliphatic rings. The van der Waals surface area contributed by atoms with Crippen LogP contribution >= 0.6 is 0 Å². The topological polar surface area (TPSA) is 55.1 Å². The van der Waals surface area contributed by atoms with E-state index in [1.54, 1.807) is 0 Å². The molecular formula is C18H22N2O. The van der Waals surface area contributed by atoms with Crippen molar-refractivity contribution in [2.45, 2.75) is 32.7 Å². The van der Waals surface area contributed by atoms with Crippen LogP contribution in [0, 0.1) is 0 Å². The maximum absolute atomic E-state index is 12.1. The molecule has 2 rings (SSSR count). The van der Waals surface area contributed by atoms with Crippen molar-refractivity contribution in [1.82, 2.24) is 0 Å². The molecule has 0 saturated carbocycles. The third-order valence-electron chi connectivity index (χ3n) is 3.47. The molecule has 0 aliphatic heterocycles. The summed E-state index contributed by atoms with van der Waals surface area (Å²) in [6.45, 7) is 2.61. The number of rotatable bonds is 6. The molecule has 0 heterocycles. The van der Waals surface area contributed by atoms with Crippen molar-refractivity contribution < 1.29 is 4.79 Å². The third kappa shape index (κ3) is 4.43. The lowest BCUT2D eigenvalue weighted by Crippen LogP contribution is -2.16. The van der Waals surface area contributed by atoms with Gasteiger partial charge in [-0.05, 0) is 35.2 Å². The van der Waals surface area contributed by atoms with Gasteiger partial charge in [-0.3, -0.25) is 4.79 Å². The van der Waals surface area contributed by atoms with Gasteiger partial charge in [0.15, 0.2) is 0 Å². The number of nitrogens with one attached hydrogen (secondary N) is 1. The highest BCUT2D eigenvalue weighted by Crippen LogP contribution is 2.13. The average molecular weight is 282 g/mol. The minimum absolute atomic E-state index is 0.0147. The number of carbonyl (C=O) groups is 1. The van der Waals surface area contributed by atoms with E-state index in [1.807, 2.05) is 36.4 Å². The number of hydrogen-bond donors (Lipinski definition) is 2. The standard InChI is InChI=1S/C18H22N2O/c1-2-5-14-8-10-17(11-9-14)20-18(21)12-15-6-3-4-7-16(15)13-19/h3-4,6-11H,2,5,12-13,19H2,1H3,(H,20,21). The van der Waals surface area contributed by atoms with Crippen LogP contribution in [0.3, 0.4) is 0 Å². The van der Waals surface area contributed by atoms with Gasteiger partial charge in [0.2, 0.25) is 5.91 Å². The van der Waals surface area contributed by atoms with Gasteiger partial charge < -0.3 is 11.1 Å². The van der Waals surface area contributed by atoms with E-state index >= 15 is 0 Å². The first-order chi connectivity index (χ1) is 10.2. The molecule has 0 spiro atoms. The summed E-state index contributed by atoms with van der Waals surface area (Å²) < 4.78 is 0. The second-order valence-electron chi connectivity index (χ2n) is 5.14. The minimum atomic E-state index is -0.0147. The molecule has 0 atom stereocenters. The molecule has 110 valence electrons. The van der Waals surface area contributed by atoms with Gasteiger partial charge in [-0.2, -0.15) is 0 Å². The van der Waals surface area contributed by atoms with E-state index in [2.05, 4.69) is 24.4 Å². The predicted molar refractivity (Wildman–Crippen MR) is 87.1 cm³/mol. The molecule has 3 nitrogen and oxygen atoms in total. The fourth-order valence-electron chi connectivity index (χ4n) is 2.35. The Morgan fingerprint density at radius 2 is 1.71 bits per heavy atom. The van der Waals surface area contributed by atoms with Crippen LogP contribution in [0.5, 0.6) is 0 Å². The molecule has 0 unspecified atom stereocenters. The Morgan fingerprint density at radius 3 is 2.33 bits per heavy atom. The molecule has 1 amide bonds. The molecule has 2 aromatic carbocycles. The van der Waals surface area contributed by atoms with Crippen LogP contribution in [-0.4, -0.2) is 5.91 Å². The van der Waals surface area contributed by atoms with Gasteiger partial charge in [0.1, 0.15) is 0 Å². The summed E-state index contributed by atoms with van der Waals surface area (Å²) in [7, 11) is 0. The van der Waals surface area contributed by atoms with Crippen LogP contribution in [0.4, 0.5) is 5.69 Å². The number of anilines is 1. The fraction of sp³-hybridized carbons (Fsp3) is 0.278. The zero-order valence-corrected chi connectivity index (χ0v) is 12.4. The number of aryl methyl sites for hydroxylation is 1. The third-order valence-corrected chi connectivity index (χ3v) is 3.47. The lowest BCUT2D eigenvalue weighted by molar-refractivity contribution is -0.115. The second kappa shape index (κ2) is 7.60. The Kier molecular flexibility index (Phi) is 5.52. The van der Waals surface area contributed by atoms with Gasteiger partial charge in [0.25, 0.3) is 0 Å². The van der Waals surface area contributed by atoms with Crippen molar-refractivity contribution in [3.05, 3.63) is 65.2 Å². The number of benzene rings is 2. The Bertz CT molecular complexity index is 590. The molecule has 0 fully saturated rings. The van der Waals surface area contributed by atoms with E-state index in [0.29, 0.717) is 13.0 Å². The highest BCUT2D eigenvalue weighted by atomic mass is 16.1. The lowest BCUT2D eigenvalue weighted by Gasteiger charge is -2.09. The molecule has 21 heavy (non-hydrogen) atoms. The summed E-state index contributed by atoms with van der Waals surface area (Å²) in [4.78, 5) is 12.1. The van der Waals surface area contributed by atoms with Crippen molar-refractivity contribution in [3.8, 4) is 0 Å². The molecule has 2 aromatic rings. The van der Waals surface area contributed by atoms with Gasteiger partial charge in [-0.1, -0.05) is 49.7 Å². The van der Waals surface area contributed by atoms with E-state index in [0.717, 1.165) is 29.7 Å². The van der Waals surface area contributed by atoms with E-state index in [9.17, 15) is 4.79 Å². The molecular weight excluding hydrogens is 260 g/mol. The maximum atomic E-state index is 12.1. The number of amides is 1. The van der Waals surface area contributed by atoms with Crippen LogP contribution in [0.25, 0.3) is 0 Å². The minimum Gasteiger partial charge on any atom is -0.326 e. The monoisotopic (exact) mass is 282 g/mol. The summed E-state index contributed by atoms with van der Waals surface area (Å²) in [5.74, 6) is -0.0147. The number of carbonyl (C=O) groups excluding carboxylic acids is 1. The van der Waals surface area contributed by atoms with Crippen LogP contribution < -0.4 is 11.1 Å². The lowest BCUT2D eigenvalue weighted by atomic mass is 10.0. The number of nitrogens with two attached hydrogens (primary N) is 1. The summed E-state index contributed by atoms with van der Waals surface area (Å²) in [6, 6.07) is 15.8. The SMILES string of the molecule is CCCc1ccc(NC(=O)Cc2ccccc2CN)cc1. The van der Waals surface area contributed by atoms with Crippen LogP contribution in [0.1, 0.15) is 30.0 Å². The van der Waals surface area contributed by atoms with Gasteiger partial charge >= 0.3 is 0 Å². The quantitative estimate of drug-likeness (QED) is 0.854. The van der Waals surface area contributed by atoms with Gasteiger partial charge in [0, 0.05) is 12.2 Å². The molecule has 0 radical (unpaired) electrons. The van der Waals surface area contributed by atoms with Crippen LogP contribution in [0.2, 0.25) is 0 Å². The van der Waals surface area contributed by atoms with Gasteiger partial charge in [-0.25, -0.2) is 0 Å². The Balaban J connectivity index is 1.98. The molecule has 0 aliphatic carbocycles. The number of hydrogen-bond acceptors (Lipinski definition) is 2. The first kappa shape index (κ1) is 15.3. The molecule has 0 bridgehead atoms. The molecule has 3 heteroatoms. The molecule has 0 aromatic heterocycles. The molecule has 0 saturated heterocycles. The van der Waals surface area contributed by atoms with Crippen molar-refractivity contribution in [1.29, 1.82) is 0 Å². The Morgan fingerprint density at radius 1 is 1.05 bits per heavy atom. The van der Waals surface area contributed by atoms with Crippen molar-refractivity contribution in [2.24, 2.45) is 5.73 Å². The van der Waals surface area contributed by atoms with Crippen LogP contribution in [-0.2, 0) is 24.2 Å². The van der Waals surface area contributed by atoms with E-state index in [-0.39, 0.29) is 5.91 Å². The summed E-state index contributed by atoms with van der Waals surface area (Å²) >= 11 is 0. The van der Waals surface area contributed by atoms with E-state index in [1.165, 1.54) is 5.56 Å². The van der Waals surface area contributed by atoms with Crippen LogP contribution in [0.15, 0.2) is 48.5 Å². The highest BCUT2D eigenvalue weighted by molar-refractivity contribution is 5.92. The highest BCUT2D eigenvalue weighted by Gasteiger charge is 2.07. The summed E-state index contributed by atoms with van der Waals surface area (Å²) in [5, 5.41) is 2.93. The molecule has 3 N–H and O–H groups in total. The Hall–Kier alpha value is -2.13. The van der Waals surface area contributed by atoms with E-state index < -0.39 is 0 Å². The predicted octanol–water partition coefficient (Wildman–Crippen LogP) is 3.28. The van der Waals surface area contributed by atoms with Crippen molar-refractivity contribution in [3.63, 3.8) is 0 Å². The van der Waals surface area contributed by atoms with Crippen molar-refractivity contribution >= 4 is 11.6 Å². The maximum Gasteiger partial charge on any atom is 0.228 e. The van der Waals surface area contributed by atoms with Gasteiger partial charge in [0.05, 0.1) is 6.42 Å². The first-order valence-electron chi connectivity index (χ1n) is 7.38. The largest absolute Gasteiger partial charge is 0.326 e.